The molecule has 1 unspecified atom stereocenters. The van der Waals surface area contributed by atoms with Crippen LogP contribution in [0.15, 0.2) is 4.99 Å². The van der Waals surface area contributed by atoms with Gasteiger partial charge in [0.05, 0.1) is 12.5 Å². The average Bonchev–Trinajstić information content (AvgIpc) is 2.70. The fourth-order valence-corrected chi connectivity index (χ4v) is 3.32. The van der Waals surface area contributed by atoms with Crippen LogP contribution in [0.3, 0.4) is 0 Å². The number of ether oxygens (including phenoxy) is 1. The Morgan fingerprint density at radius 3 is 2.38 bits per heavy atom. The molecule has 1 saturated heterocycles. The van der Waals surface area contributed by atoms with Gasteiger partial charge in [-0.2, -0.15) is 0 Å². The lowest BCUT2D eigenvalue weighted by molar-refractivity contribution is -0.149. The molecule has 0 spiro atoms. The summed E-state index contributed by atoms with van der Waals surface area (Å²) in [4.78, 5) is 32.3. The van der Waals surface area contributed by atoms with Crippen LogP contribution in [0.2, 0.25) is 0 Å². The van der Waals surface area contributed by atoms with Crippen molar-refractivity contribution in [3.05, 3.63) is 0 Å². The molecule has 170 valence electrons. The van der Waals surface area contributed by atoms with E-state index in [1.54, 1.807) is 19.0 Å². The summed E-state index contributed by atoms with van der Waals surface area (Å²) in [5.41, 5.74) is 0. The zero-order valence-corrected chi connectivity index (χ0v) is 21.2. The molecular formula is C21H41IN4O3. The number of amides is 1. The molecular weight excluding hydrogens is 483 g/mol. The number of esters is 1. The van der Waals surface area contributed by atoms with Crippen molar-refractivity contribution in [1.82, 2.24) is 15.1 Å². The third-order valence-corrected chi connectivity index (χ3v) is 5.37. The fraction of sp³-hybridized carbons (Fsp3) is 0.857. The van der Waals surface area contributed by atoms with Crippen LogP contribution in [0.5, 0.6) is 0 Å². The number of likely N-dealkylation sites (N-methyl/N-ethyl adjacent to an activating group) is 1. The molecule has 0 aromatic heterocycles. The summed E-state index contributed by atoms with van der Waals surface area (Å²) in [5, 5.41) is 3.50. The molecule has 1 aliphatic heterocycles. The molecule has 0 bridgehead atoms. The van der Waals surface area contributed by atoms with Crippen molar-refractivity contribution >= 4 is 41.8 Å². The van der Waals surface area contributed by atoms with Gasteiger partial charge in [0.15, 0.2) is 5.96 Å². The van der Waals surface area contributed by atoms with Gasteiger partial charge in [0, 0.05) is 33.7 Å². The molecule has 1 fully saturated rings. The smallest absolute Gasteiger partial charge is 0.309 e. The maximum absolute atomic E-state index is 12.0. The number of hydrogen-bond donors (Lipinski definition) is 1. The Labute approximate surface area is 194 Å². The molecule has 0 aromatic carbocycles. The van der Waals surface area contributed by atoms with Gasteiger partial charge in [-0.05, 0) is 32.1 Å². The molecule has 1 rings (SSSR count). The van der Waals surface area contributed by atoms with Crippen LogP contribution in [0.25, 0.3) is 0 Å². The number of rotatable bonds is 10. The lowest BCUT2D eigenvalue weighted by atomic mass is 9.97. The molecule has 0 aliphatic carbocycles. The van der Waals surface area contributed by atoms with Crippen LogP contribution in [-0.4, -0.2) is 74.5 Å². The van der Waals surface area contributed by atoms with Crippen LogP contribution in [0, 0.1) is 11.8 Å². The predicted molar refractivity (Wildman–Crippen MR) is 129 cm³/mol. The largest absolute Gasteiger partial charge is 0.466 e. The third-order valence-electron chi connectivity index (χ3n) is 5.37. The molecule has 8 heteroatoms. The summed E-state index contributed by atoms with van der Waals surface area (Å²) in [6, 6.07) is 0. The first-order chi connectivity index (χ1) is 13.4. The highest BCUT2D eigenvalue weighted by atomic mass is 127. The monoisotopic (exact) mass is 524 g/mol. The van der Waals surface area contributed by atoms with Crippen LogP contribution >= 0.6 is 24.0 Å². The van der Waals surface area contributed by atoms with E-state index in [1.165, 1.54) is 19.3 Å². The second-order valence-corrected chi connectivity index (χ2v) is 7.74. The van der Waals surface area contributed by atoms with Gasteiger partial charge in [0.1, 0.15) is 6.54 Å². The van der Waals surface area contributed by atoms with E-state index in [4.69, 9.17) is 4.74 Å². The van der Waals surface area contributed by atoms with Crippen molar-refractivity contribution in [2.24, 2.45) is 16.8 Å². The molecule has 1 aliphatic rings. The van der Waals surface area contributed by atoms with Gasteiger partial charge in [0.2, 0.25) is 5.91 Å². The van der Waals surface area contributed by atoms with Gasteiger partial charge in [0.25, 0.3) is 0 Å². The minimum absolute atomic E-state index is 0. The van der Waals surface area contributed by atoms with Gasteiger partial charge in [-0.15, -0.1) is 24.0 Å². The number of halogens is 1. The first-order valence-electron chi connectivity index (χ1n) is 10.8. The van der Waals surface area contributed by atoms with Gasteiger partial charge in [-0.25, -0.2) is 4.99 Å². The van der Waals surface area contributed by atoms with E-state index in [-0.39, 0.29) is 48.3 Å². The van der Waals surface area contributed by atoms with E-state index in [0.29, 0.717) is 12.5 Å². The molecule has 7 nitrogen and oxygen atoms in total. The van der Waals surface area contributed by atoms with Crippen molar-refractivity contribution in [2.75, 3.05) is 46.9 Å². The molecule has 0 radical (unpaired) electrons. The van der Waals surface area contributed by atoms with E-state index >= 15 is 0 Å². The third kappa shape index (κ3) is 10.5. The second kappa shape index (κ2) is 15.7. The van der Waals surface area contributed by atoms with E-state index < -0.39 is 0 Å². The van der Waals surface area contributed by atoms with E-state index in [9.17, 15) is 9.59 Å². The zero-order chi connectivity index (χ0) is 20.9. The van der Waals surface area contributed by atoms with Crippen molar-refractivity contribution in [2.45, 2.75) is 59.3 Å². The molecule has 0 saturated carbocycles. The van der Waals surface area contributed by atoms with Crippen LogP contribution < -0.4 is 5.32 Å². The summed E-state index contributed by atoms with van der Waals surface area (Å²) >= 11 is 0. The van der Waals surface area contributed by atoms with Crippen molar-refractivity contribution in [3.63, 3.8) is 0 Å². The van der Waals surface area contributed by atoms with Gasteiger partial charge >= 0.3 is 5.97 Å². The fourth-order valence-electron chi connectivity index (χ4n) is 3.32. The van der Waals surface area contributed by atoms with E-state index in [1.807, 2.05) is 6.92 Å². The van der Waals surface area contributed by atoms with Crippen LogP contribution in [0.4, 0.5) is 0 Å². The van der Waals surface area contributed by atoms with Crippen molar-refractivity contribution in [3.8, 4) is 0 Å². The van der Waals surface area contributed by atoms with Crippen LogP contribution in [-0.2, 0) is 14.3 Å². The Hall–Kier alpha value is -1.06. The highest BCUT2D eigenvalue weighted by molar-refractivity contribution is 14.0. The lowest BCUT2D eigenvalue weighted by Crippen LogP contribution is -2.48. The summed E-state index contributed by atoms with van der Waals surface area (Å²) in [6.07, 6.45) is 6.28. The highest BCUT2D eigenvalue weighted by Gasteiger charge is 2.27. The minimum atomic E-state index is -0.0954. The molecule has 1 atom stereocenters. The molecule has 29 heavy (non-hydrogen) atoms. The topological polar surface area (TPSA) is 74.2 Å². The summed E-state index contributed by atoms with van der Waals surface area (Å²) in [7, 11) is 3.49. The Balaban J connectivity index is 0.00000784. The number of nitrogens with zero attached hydrogens (tertiary/aromatic N) is 3. The van der Waals surface area contributed by atoms with E-state index in [2.05, 4.69) is 29.1 Å². The number of carbonyl (C=O) groups is 2. The Bertz CT molecular complexity index is 506. The van der Waals surface area contributed by atoms with Crippen molar-refractivity contribution < 1.29 is 14.3 Å². The second-order valence-electron chi connectivity index (χ2n) is 7.74. The Morgan fingerprint density at radius 2 is 1.86 bits per heavy atom. The average molecular weight is 524 g/mol. The Morgan fingerprint density at radius 1 is 1.21 bits per heavy atom. The number of piperidine rings is 1. The number of hydrogen-bond acceptors (Lipinski definition) is 4. The molecule has 0 aromatic rings. The van der Waals surface area contributed by atoms with Gasteiger partial charge in [-0.3, -0.25) is 9.59 Å². The highest BCUT2D eigenvalue weighted by Crippen LogP contribution is 2.19. The number of nitrogens with one attached hydrogen (secondary N) is 1. The minimum Gasteiger partial charge on any atom is -0.466 e. The SMILES string of the molecule is CCCCC(CC)CNC(=NCC(=O)N(C)C)N1CCC(C(=O)OCC)CC1.I. The maximum Gasteiger partial charge on any atom is 0.309 e. The zero-order valence-electron chi connectivity index (χ0n) is 18.9. The van der Waals surface area contributed by atoms with Crippen LogP contribution in [0.1, 0.15) is 59.3 Å². The lowest BCUT2D eigenvalue weighted by Gasteiger charge is -2.34. The normalized spacial score (nSPS) is 16.0. The molecule has 1 N–H and O–H groups in total. The summed E-state index contributed by atoms with van der Waals surface area (Å²) in [6.45, 7) is 9.20. The first-order valence-corrected chi connectivity index (χ1v) is 10.8. The standard InChI is InChI=1S/C21H40N4O3.HI/c1-6-9-10-17(7-2)15-22-21(23-16-19(26)24(4)5)25-13-11-18(12-14-25)20(27)28-8-3;/h17-18H,6-16H2,1-5H3,(H,22,23);1H. The number of guanidine groups is 1. The number of unbranched alkanes of at least 4 members (excludes halogenated alkanes) is 1. The van der Waals surface area contributed by atoms with Gasteiger partial charge < -0.3 is 19.9 Å². The first kappa shape index (κ1) is 27.9. The summed E-state index contributed by atoms with van der Waals surface area (Å²) in [5.74, 6) is 1.24. The molecule has 1 amide bonds. The van der Waals surface area contributed by atoms with E-state index in [0.717, 1.165) is 44.9 Å². The van der Waals surface area contributed by atoms with Gasteiger partial charge in [-0.1, -0.05) is 33.1 Å². The quantitative estimate of drug-likeness (QED) is 0.206. The number of carbonyl (C=O) groups excluding carboxylic acids is 2. The summed E-state index contributed by atoms with van der Waals surface area (Å²) < 4.78 is 5.16. The van der Waals surface area contributed by atoms with Crippen molar-refractivity contribution in [1.29, 1.82) is 0 Å². The maximum atomic E-state index is 12.0. The predicted octanol–water partition coefficient (Wildman–Crippen LogP) is 3.13. The number of likely N-dealkylation sites (tertiary alicyclic amines) is 1. The number of aliphatic imine (C=N–C) groups is 1. The Kier molecular flexibility index (Phi) is 15.2. The molecule has 1 heterocycles.